The predicted molar refractivity (Wildman–Crippen MR) is 125 cm³/mol. The van der Waals surface area contributed by atoms with E-state index in [1.165, 1.54) is 0 Å². The van der Waals surface area contributed by atoms with Crippen LogP contribution in [-0.4, -0.2) is 48.0 Å². The number of ether oxygens (including phenoxy) is 1. The standard InChI is InChI=1S/C25H28BF2NO6/c1-24(2)25(3,4)35-26(34-24)16-11-10-14(15-7-6-12-33-21(15)16)13-19(23(31)32)29-22(30)20-17(27)8-5-9-18(20)28/h5,8-11,19H,6-7,12-13H2,1-4H3,(H,29,30)(H,31,32)/t19-/m0/s1. The van der Waals surface area contributed by atoms with E-state index in [1.807, 2.05) is 27.7 Å². The number of benzene rings is 2. The van der Waals surface area contributed by atoms with Crippen LogP contribution in [0.2, 0.25) is 0 Å². The lowest BCUT2D eigenvalue weighted by atomic mass is 9.75. The van der Waals surface area contributed by atoms with Gasteiger partial charge >= 0.3 is 13.1 Å². The van der Waals surface area contributed by atoms with Crippen LogP contribution in [0.25, 0.3) is 0 Å². The third-order valence-electron chi connectivity index (χ3n) is 6.93. The van der Waals surface area contributed by atoms with Gasteiger partial charge in [-0.05, 0) is 63.8 Å². The molecule has 0 unspecified atom stereocenters. The number of carbonyl (C=O) groups excluding carboxylic acids is 1. The minimum absolute atomic E-state index is 0.0908. The van der Waals surface area contributed by atoms with Crippen LogP contribution < -0.4 is 15.5 Å². The molecule has 2 N–H and O–H groups in total. The summed E-state index contributed by atoms with van der Waals surface area (Å²) in [6.45, 7) is 8.30. The Balaban J connectivity index is 1.62. The Bertz CT molecular complexity index is 1130. The van der Waals surface area contributed by atoms with Gasteiger partial charge in [-0.2, -0.15) is 0 Å². The van der Waals surface area contributed by atoms with Gasteiger partial charge in [0.2, 0.25) is 0 Å². The van der Waals surface area contributed by atoms with Gasteiger partial charge in [0, 0.05) is 11.9 Å². The van der Waals surface area contributed by atoms with Crippen LogP contribution in [-0.2, 0) is 26.9 Å². The van der Waals surface area contributed by atoms with Crippen molar-refractivity contribution in [1.29, 1.82) is 0 Å². The van der Waals surface area contributed by atoms with Crippen molar-refractivity contribution < 1.29 is 37.5 Å². The van der Waals surface area contributed by atoms with Crippen molar-refractivity contribution in [3.8, 4) is 5.75 Å². The van der Waals surface area contributed by atoms with Gasteiger partial charge in [-0.1, -0.05) is 18.2 Å². The topological polar surface area (TPSA) is 94.1 Å². The summed E-state index contributed by atoms with van der Waals surface area (Å²) in [6, 6.07) is 5.14. The van der Waals surface area contributed by atoms with Crippen molar-refractivity contribution >= 4 is 24.5 Å². The molecule has 0 aromatic heterocycles. The molecular formula is C25H28BF2NO6. The van der Waals surface area contributed by atoms with Crippen molar-refractivity contribution in [2.24, 2.45) is 0 Å². The fourth-order valence-corrected chi connectivity index (χ4v) is 4.27. The highest BCUT2D eigenvalue weighted by molar-refractivity contribution is 6.63. The van der Waals surface area contributed by atoms with Gasteiger partial charge in [0.05, 0.1) is 17.8 Å². The van der Waals surface area contributed by atoms with Gasteiger partial charge < -0.3 is 24.5 Å². The van der Waals surface area contributed by atoms with Crippen molar-refractivity contribution in [3.63, 3.8) is 0 Å². The minimum atomic E-state index is -1.41. The van der Waals surface area contributed by atoms with Gasteiger partial charge in [0.25, 0.3) is 5.91 Å². The van der Waals surface area contributed by atoms with Crippen LogP contribution >= 0.6 is 0 Å². The van der Waals surface area contributed by atoms with Crippen LogP contribution in [0.15, 0.2) is 30.3 Å². The third-order valence-corrected chi connectivity index (χ3v) is 6.93. The molecule has 35 heavy (non-hydrogen) atoms. The summed E-state index contributed by atoms with van der Waals surface area (Å²) >= 11 is 0. The summed E-state index contributed by atoms with van der Waals surface area (Å²) < 4.78 is 46.4. The molecule has 2 aromatic rings. The van der Waals surface area contributed by atoms with E-state index in [-0.39, 0.29) is 6.42 Å². The predicted octanol–water partition coefficient (Wildman–Crippen LogP) is 3.01. The molecule has 0 spiro atoms. The average Bonchev–Trinajstić information content (AvgIpc) is 2.99. The Morgan fingerprint density at radius 3 is 2.31 bits per heavy atom. The monoisotopic (exact) mass is 487 g/mol. The highest BCUT2D eigenvalue weighted by Gasteiger charge is 2.52. The average molecular weight is 487 g/mol. The molecule has 0 radical (unpaired) electrons. The quantitative estimate of drug-likeness (QED) is 0.609. The molecule has 0 saturated carbocycles. The third kappa shape index (κ3) is 4.77. The maximum atomic E-state index is 14.0. The second kappa shape index (κ2) is 9.24. The first-order valence-corrected chi connectivity index (χ1v) is 11.5. The number of rotatable bonds is 6. The number of fused-ring (bicyclic) bond motifs is 1. The first-order chi connectivity index (χ1) is 16.4. The molecule has 0 bridgehead atoms. The van der Waals surface area contributed by atoms with Crippen LogP contribution in [0.1, 0.15) is 55.6 Å². The van der Waals surface area contributed by atoms with Gasteiger partial charge in [-0.25, -0.2) is 13.6 Å². The second-order valence-corrected chi connectivity index (χ2v) is 9.83. The van der Waals surface area contributed by atoms with Crippen molar-refractivity contribution in [1.82, 2.24) is 5.32 Å². The zero-order valence-electron chi connectivity index (χ0n) is 20.1. The summed E-state index contributed by atoms with van der Waals surface area (Å²) in [5.74, 6) is -4.00. The molecule has 2 aromatic carbocycles. The molecule has 186 valence electrons. The molecule has 2 heterocycles. The smallest absolute Gasteiger partial charge is 0.494 e. The summed E-state index contributed by atoms with van der Waals surface area (Å²) in [4.78, 5) is 24.5. The summed E-state index contributed by atoms with van der Waals surface area (Å²) in [5.41, 5.74) is 0.270. The maximum Gasteiger partial charge on any atom is 0.498 e. The highest BCUT2D eigenvalue weighted by atomic mass is 19.1. The summed E-state index contributed by atoms with van der Waals surface area (Å²) in [6.07, 6.45) is 1.28. The zero-order chi connectivity index (χ0) is 25.5. The van der Waals surface area contributed by atoms with Crippen molar-refractivity contribution in [2.75, 3.05) is 6.61 Å². The van der Waals surface area contributed by atoms with E-state index in [0.717, 1.165) is 30.2 Å². The van der Waals surface area contributed by atoms with E-state index in [1.54, 1.807) is 12.1 Å². The lowest BCUT2D eigenvalue weighted by Crippen LogP contribution is -2.43. The number of carboxylic acids is 1. The number of carboxylic acid groups (broad SMARTS) is 1. The van der Waals surface area contributed by atoms with E-state index < -0.39 is 53.4 Å². The van der Waals surface area contributed by atoms with Gasteiger partial charge in [-0.3, -0.25) is 4.79 Å². The SMILES string of the molecule is CC1(C)OB(c2ccc(C[C@H](NC(=O)c3c(F)cccc3F)C(=O)O)c3c2OCCC3)OC1(C)C. The largest absolute Gasteiger partial charge is 0.498 e. The number of aliphatic carboxylic acids is 1. The van der Waals surface area contributed by atoms with E-state index in [4.69, 9.17) is 14.0 Å². The molecule has 1 amide bonds. The van der Waals surface area contributed by atoms with Crippen LogP contribution in [0.3, 0.4) is 0 Å². The van der Waals surface area contributed by atoms with E-state index in [9.17, 15) is 23.5 Å². The molecule has 1 atom stereocenters. The second-order valence-electron chi connectivity index (χ2n) is 9.83. The Kier molecular flexibility index (Phi) is 6.63. The Morgan fingerprint density at radius 1 is 1.09 bits per heavy atom. The molecular weight excluding hydrogens is 459 g/mol. The molecule has 0 aliphatic carbocycles. The Hall–Kier alpha value is -2.98. The van der Waals surface area contributed by atoms with Crippen LogP contribution in [0.5, 0.6) is 5.75 Å². The fraction of sp³-hybridized carbons (Fsp3) is 0.440. The molecule has 4 rings (SSSR count). The number of hydrogen-bond donors (Lipinski definition) is 2. The maximum absolute atomic E-state index is 14.0. The molecule has 10 heteroatoms. The molecule has 1 fully saturated rings. The first kappa shape index (κ1) is 25.1. The van der Waals surface area contributed by atoms with Gasteiger partial charge in [0.15, 0.2) is 0 Å². The molecule has 2 aliphatic rings. The van der Waals surface area contributed by atoms with Crippen molar-refractivity contribution in [2.45, 2.75) is 64.2 Å². The molecule has 2 aliphatic heterocycles. The number of amides is 1. The minimum Gasteiger partial charge on any atom is -0.494 e. The Morgan fingerprint density at radius 2 is 1.71 bits per heavy atom. The van der Waals surface area contributed by atoms with E-state index in [2.05, 4.69) is 5.32 Å². The number of hydrogen-bond acceptors (Lipinski definition) is 5. The normalized spacial score (nSPS) is 19.0. The van der Waals surface area contributed by atoms with Gasteiger partial charge in [-0.15, -0.1) is 0 Å². The number of halogens is 2. The Labute approximate surface area is 202 Å². The van der Waals surface area contributed by atoms with E-state index >= 15 is 0 Å². The number of carbonyl (C=O) groups is 2. The molecule has 1 saturated heterocycles. The first-order valence-electron chi connectivity index (χ1n) is 11.5. The van der Waals surface area contributed by atoms with Gasteiger partial charge in [0.1, 0.15) is 29.0 Å². The highest BCUT2D eigenvalue weighted by Crippen LogP contribution is 2.38. The lowest BCUT2D eigenvalue weighted by molar-refractivity contribution is -0.139. The summed E-state index contributed by atoms with van der Waals surface area (Å²) in [5, 5.41) is 12.0. The fourth-order valence-electron chi connectivity index (χ4n) is 4.27. The summed E-state index contributed by atoms with van der Waals surface area (Å²) in [7, 11) is -0.653. The zero-order valence-corrected chi connectivity index (χ0v) is 20.1. The van der Waals surface area contributed by atoms with Crippen LogP contribution in [0.4, 0.5) is 8.78 Å². The number of nitrogens with one attached hydrogen (secondary N) is 1. The van der Waals surface area contributed by atoms with Crippen LogP contribution in [0, 0.1) is 11.6 Å². The van der Waals surface area contributed by atoms with E-state index in [0.29, 0.717) is 29.8 Å². The van der Waals surface area contributed by atoms with Crippen molar-refractivity contribution in [3.05, 3.63) is 58.7 Å². The molecule has 7 nitrogen and oxygen atoms in total. The lowest BCUT2D eigenvalue weighted by Gasteiger charge is -2.32.